The molecule has 3 rings (SSSR count). The number of likely N-dealkylation sites (tertiary alicyclic amines) is 1. The van der Waals surface area contributed by atoms with Gasteiger partial charge in [0.25, 0.3) is 5.91 Å². The van der Waals surface area contributed by atoms with Gasteiger partial charge in [-0.1, -0.05) is 12.5 Å². The average Bonchev–Trinajstić information content (AvgIpc) is 3.06. The van der Waals surface area contributed by atoms with Gasteiger partial charge in [-0.2, -0.15) is 0 Å². The second kappa shape index (κ2) is 5.72. The monoisotopic (exact) mass is 295 g/mol. The Labute approximate surface area is 122 Å². The maximum atomic E-state index is 13.8. The van der Waals surface area contributed by atoms with Crippen LogP contribution in [0.4, 0.5) is 8.78 Å². The second-order valence-electron chi connectivity index (χ2n) is 5.97. The van der Waals surface area contributed by atoms with Crippen molar-refractivity contribution in [2.45, 2.75) is 44.2 Å². The number of nitrogens with zero attached hydrogens (tertiary/aromatic N) is 1. The largest absolute Gasteiger partial charge is 0.393 e. The summed E-state index contributed by atoms with van der Waals surface area (Å²) in [6.45, 7) is 0.500. The van der Waals surface area contributed by atoms with Gasteiger partial charge in [0.05, 0.1) is 6.10 Å². The Kier molecular flexibility index (Phi) is 3.93. The smallest absolute Gasteiger partial charge is 0.260 e. The van der Waals surface area contributed by atoms with Crippen molar-refractivity contribution in [1.29, 1.82) is 0 Å². The van der Waals surface area contributed by atoms with Crippen molar-refractivity contribution in [2.75, 3.05) is 6.54 Å². The SMILES string of the molecule is O=C(c1c(F)cccc1F)N1CCCC1C1CCCC1O. The van der Waals surface area contributed by atoms with Gasteiger partial charge in [0.1, 0.15) is 17.2 Å². The highest BCUT2D eigenvalue weighted by Crippen LogP contribution is 2.36. The molecule has 5 heteroatoms. The second-order valence-corrected chi connectivity index (χ2v) is 5.97. The quantitative estimate of drug-likeness (QED) is 0.911. The van der Waals surface area contributed by atoms with Crippen molar-refractivity contribution in [1.82, 2.24) is 4.90 Å². The van der Waals surface area contributed by atoms with Crippen LogP contribution in [0.5, 0.6) is 0 Å². The van der Waals surface area contributed by atoms with Crippen molar-refractivity contribution in [3.05, 3.63) is 35.4 Å². The van der Waals surface area contributed by atoms with Crippen LogP contribution < -0.4 is 0 Å². The zero-order valence-corrected chi connectivity index (χ0v) is 11.8. The van der Waals surface area contributed by atoms with E-state index in [4.69, 9.17) is 0 Å². The molecule has 114 valence electrons. The first-order valence-electron chi connectivity index (χ1n) is 7.52. The van der Waals surface area contributed by atoms with Crippen molar-refractivity contribution in [3.8, 4) is 0 Å². The van der Waals surface area contributed by atoms with Gasteiger partial charge in [-0.05, 0) is 37.8 Å². The van der Waals surface area contributed by atoms with Crippen LogP contribution >= 0.6 is 0 Å². The van der Waals surface area contributed by atoms with Gasteiger partial charge in [0.15, 0.2) is 0 Å². The van der Waals surface area contributed by atoms with Gasteiger partial charge in [-0.25, -0.2) is 8.78 Å². The molecule has 0 radical (unpaired) electrons. The standard InChI is InChI=1S/C16H19F2NO2/c17-11-5-2-6-12(18)15(11)16(21)19-9-3-7-13(19)10-4-1-8-14(10)20/h2,5-6,10,13-14,20H,1,3-4,7-9H2. The highest BCUT2D eigenvalue weighted by Gasteiger charge is 2.41. The number of hydrogen-bond donors (Lipinski definition) is 1. The number of rotatable bonds is 2. The summed E-state index contributed by atoms with van der Waals surface area (Å²) in [6.07, 6.45) is 3.76. The number of hydrogen-bond acceptors (Lipinski definition) is 2. The third-order valence-electron chi connectivity index (χ3n) is 4.76. The number of carbonyl (C=O) groups excluding carboxylic acids is 1. The van der Waals surface area contributed by atoms with E-state index in [9.17, 15) is 18.7 Å². The van der Waals surface area contributed by atoms with Crippen molar-refractivity contribution < 1.29 is 18.7 Å². The molecule has 1 aliphatic carbocycles. The number of carbonyl (C=O) groups is 1. The van der Waals surface area contributed by atoms with Crippen LogP contribution in [0.2, 0.25) is 0 Å². The number of halogens is 2. The lowest BCUT2D eigenvalue weighted by Gasteiger charge is -2.31. The highest BCUT2D eigenvalue weighted by atomic mass is 19.1. The van der Waals surface area contributed by atoms with E-state index in [1.165, 1.54) is 6.07 Å². The Morgan fingerprint density at radius 3 is 2.48 bits per heavy atom. The van der Waals surface area contributed by atoms with E-state index in [-0.39, 0.29) is 12.0 Å². The van der Waals surface area contributed by atoms with Crippen LogP contribution in [-0.4, -0.2) is 34.6 Å². The van der Waals surface area contributed by atoms with E-state index in [1.807, 2.05) is 0 Å². The van der Waals surface area contributed by atoms with Crippen LogP contribution in [0.25, 0.3) is 0 Å². The first kappa shape index (κ1) is 14.4. The fourth-order valence-electron chi connectivity index (χ4n) is 3.75. The van der Waals surface area contributed by atoms with Crippen LogP contribution in [0.15, 0.2) is 18.2 Å². The number of aliphatic hydroxyl groups is 1. The fourth-order valence-corrected chi connectivity index (χ4v) is 3.75. The van der Waals surface area contributed by atoms with Crippen LogP contribution in [0.3, 0.4) is 0 Å². The van der Waals surface area contributed by atoms with E-state index in [0.717, 1.165) is 44.2 Å². The minimum Gasteiger partial charge on any atom is -0.393 e. The van der Waals surface area contributed by atoms with Crippen molar-refractivity contribution in [2.24, 2.45) is 5.92 Å². The van der Waals surface area contributed by atoms with Gasteiger partial charge in [-0.15, -0.1) is 0 Å². The lowest BCUT2D eigenvalue weighted by molar-refractivity contribution is 0.0520. The molecule has 1 saturated heterocycles. The summed E-state index contributed by atoms with van der Waals surface area (Å²) in [7, 11) is 0. The fraction of sp³-hybridized carbons (Fsp3) is 0.562. The average molecular weight is 295 g/mol. The van der Waals surface area contributed by atoms with Crippen LogP contribution in [-0.2, 0) is 0 Å². The molecule has 0 spiro atoms. The molecule has 1 aromatic rings. The molecule has 1 aliphatic heterocycles. The van der Waals surface area contributed by atoms with Crippen molar-refractivity contribution >= 4 is 5.91 Å². The van der Waals surface area contributed by atoms with Gasteiger partial charge >= 0.3 is 0 Å². The predicted molar refractivity (Wildman–Crippen MR) is 73.8 cm³/mol. The third-order valence-corrected chi connectivity index (χ3v) is 4.76. The molecule has 1 amide bonds. The summed E-state index contributed by atoms with van der Waals surface area (Å²) in [5.74, 6) is -2.20. The van der Waals surface area contributed by atoms with Crippen molar-refractivity contribution in [3.63, 3.8) is 0 Å². The number of aliphatic hydroxyl groups excluding tert-OH is 1. The predicted octanol–water partition coefficient (Wildman–Crippen LogP) is 2.73. The topological polar surface area (TPSA) is 40.5 Å². The summed E-state index contributed by atoms with van der Waals surface area (Å²) in [4.78, 5) is 14.1. The minimum atomic E-state index is -0.822. The Morgan fingerprint density at radius 1 is 1.14 bits per heavy atom. The number of amides is 1. The maximum absolute atomic E-state index is 13.8. The summed E-state index contributed by atoms with van der Waals surface area (Å²) in [5, 5.41) is 10.0. The first-order valence-corrected chi connectivity index (χ1v) is 7.52. The molecule has 2 fully saturated rings. The molecular formula is C16H19F2NO2. The van der Waals surface area contributed by atoms with E-state index >= 15 is 0 Å². The van der Waals surface area contributed by atoms with Gasteiger partial charge in [0.2, 0.25) is 0 Å². The molecular weight excluding hydrogens is 276 g/mol. The summed E-state index contributed by atoms with van der Waals surface area (Å²) in [6, 6.07) is 3.36. The molecule has 21 heavy (non-hydrogen) atoms. The van der Waals surface area contributed by atoms with Gasteiger partial charge in [0, 0.05) is 18.5 Å². The molecule has 1 aromatic carbocycles. The van der Waals surface area contributed by atoms with E-state index < -0.39 is 29.2 Å². The highest BCUT2D eigenvalue weighted by molar-refractivity contribution is 5.95. The molecule has 1 heterocycles. The minimum absolute atomic E-state index is 0.0336. The zero-order valence-electron chi connectivity index (χ0n) is 11.8. The van der Waals surface area contributed by atoms with E-state index in [0.29, 0.717) is 6.54 Å². The number of benzene rings is 1. The Balaban J connectivity index is 1.86. The molecule has 3 nitrogen and oxygen atoms in total. The normalized spacial score (nSPS) is 29.1. The van der Waals surface area contributed by atoms with E-state index in [1.54, 1.807) is 4.90 Å². The molecule has 3 atom stereocenters. The summed E-state index contributed by atoms with van der Waals surface area (Å²) >= 11 is 0. The molecule has 3 unspecified atom stereocenters. The molecule has 1 N–H and O–H groups in total. The molecule has 0 aromatic heterocycles. The first-order chi connectivity index (χ1) is 10.1. The van der Waals surface area contributed by atoms with Crippen LogP contribution in [0, 0.1) is 17.6 Å². The summed E-state index contributed by atoms with van der Waals surface area (Å²) < 4.78 is 27.6. The molecule has 0 bridgehead atoms. The summed E-state index contributed by atoms with van der Waals surface area (Å²) in [5.41, 5.74) is -0.475. The zero-order chi connectivity index (χ0) is 15.0. The Morgan fingerprint density at radius 2 is 1.86 bits per heavy atom. The van der Waals surface area contributed by atoms with E-state index in [2.05, 4.69) is 0 Å². The molecule has 2 aliphatic rings. The lowest BCUT2D eigenvalue weighted by Crippen LogP contribution is -2.43. The Hall–Kier alpha value is -1.49. The third kappa shape index (κ3) is 2.55. The van der Waals surface area contributed by atoms with Gasteiger partial charge in [-0.3, -0.25) is 4.79 Å². The van der Waals surface area contributed by atoms with Gasteiger partial charge < -0.3 is 10.0 Å². The Bertz CT molecular complexity index is 529. The lowest BCUT2D eigenvalue weighted by atomic mass is 9.93. The maximum Gasteiger partial charge on any atom is 0.260 e. The van der Waals surface area contributed by atoms with Crippen LogP contribution in [0.1, 0.15) is 42.5 Å². The molecule has 1 saturated carbocycles.